The number of carboxylic acid groups (broad SMARTS) is 1. The number of nitrogens with two attached hydrogens (primary N) is 2. The van der Waals surface area contributed by atoms with Crippen molar-refractivity contribution in [1.82, 2.24) is 15.2 Å². The number of anilines is 1. The molecule has 1 saturated heterocycles. The molecule has 1 aromatic rings. The third kappa shape index (κ3) is 3.38. The standard InChI is InChI=1S/C14H15N7O5S2/c1-26-20-7(6-4-28-14(15)18-6)10(22)19-8-11(23)21-9(13(24)25)5(2-17-16)3-27-12(8)21/h2,4,8,12H,3,16H2,1H3,(H2,15,18)(H,19,22)(H,24,25)/b17-2?,20-7-/t8?,12-/m0/s1. The Kier molecular flexibility index (Phi) is 5.51. The van der Waals surface area contributed by atoms with Crippen molar-refractivity contribution in [2.45, 2.75) is 11.4 Å². The predicted molar refractivity (Wildman–Crippen MR) is 102 cm³/mol. The maximum Gasteiger partial charge on any atom is 0.353 e. The van der Waals surface area contributed by atoms with Crippen LogP contribution in [-0.4, -0.2) is 69.0 Å². The number of hydrazone groups is 1. The molecule has 1 aromatic heterocycles. The number of nitrogens with one attached hydrogen (secondary N) is 1. The fourth-order valence-electron chi connectivity index (χ4n) is 2.73. The van der Waals surface area contributed by atoms with Gasteiger partial charge in [-0.15, -0.1) is 23.1 Å². The van der Waals surface area contributed by atoms with Crippen LogP contribution in [0.2, 0.25) is 0 Å². The van der Waals surface area contributed by atoms with Gasteiger partial charge in [0.25, 0.3) is 11.8 Å². The number of hydrogen-bond acceptors (Lipinski definition) is 11. The van der Waals surface area contributed by atoms with Gasteiger partial charge in [0.05, 0.1) is 6.21 Å². The van der Waals surface area contributed by atoms with E-state index in [9.17, 15) is 19.5 Å². The van der Waals surface area contributed by atoms with Gasteiger partial charge >= 0.3 is 5.97 Å². The van der Waals surface area contributed by atoms with Crippen molar-refractivity contribution in [2.24, 2.45) is 16.1 Å². The molecule has 0 aromatic carbocycles. The summed E-state index contributed by atoms with van der Waals surface area (Å²) in [5, 5.41) is 20.2. The molecule has 2 amide bonds. The van der Waals surface area contributed by atoms with E-state index < -0.39 is 29.2 Å². The SMILES string of the molecule is CO/N=C(\C(=O)NC1C(=O)N2C(C(=O)O)=C(C=NN)CS[C@@H]12)c1csc(N)n1. The third-order valence-electron chi connectivity index (χ3n) is 3.88. The largest absolute Gasteiger partial charge is 0.477 e. The van der Waals surface area contributed by atoms with E-state index in [1.54, 1.807) is 0 Å². The summed E-state index contributed by atoms with van der Waals surface area (Å²) in [5.74, 6) is 2.83. The quantitative estimate of drug-likeness (QED) is 0.187. The number of thiazole rings is 1. The Morgan fingerprint density at radius 3 is 2.86 bits per heavy atom. The molecule has 0 saturated carbocycles. The lowest BCUT2D eigenvalue weighted by Gasteiger charge is -2.49. The number of carboxylic acids is 1. The summed E-state index contributed by atoms with van der Waals surface area (Å²) in [6, 6.07) is -0.929. The van der Waals surface area contributed by atoms with Crippen molar-refractivity contribution in [2.75, 3.05) is 18.6 Å². The maximum absolute atomic E-state index is 12.6. The molecule has 14 heteroatoms. The van der Waals surface area contributed by atoms with Gasteiger partial charge in [0.2, 0.25) is 0 Å². The summed E-state index contributed by atoms with van der Waals surface area (Å²) in [6.07, 6.45) is 1.20. The lowest BCUT2D eigenvalue weighted by atomic mass is 10.0. The van der Waals surface area contributed by atoms with Gasteiger partial charge in [0.1, 0.15) is 29.9 Å². The van der Waals surface area contributed by atoms with Crippen LogP contribution in [0.3, 0.4) is 0 Å². The molecule has 12 nitrogen and oxygen atoms in total. The Morgan fingerprint density at radius 2 is 2.29 bits per heavy atom. The highest BCUT2D eigenvalue weighted by Crippen LogP contribution is 2.39. The van der Waals surface area contributed by atoms with E-state index in [2.05, 4.69) is 25.4 Å². The molecule has 148 valence electrons. The number of nitrogens with zero attached hydrogens (tertiary/aromatic N) is 4. The molecule has 0 radical (unpaired) electrons. The van der Waals surface area contributed by atoms with Gasteiger partial charge in [-0.05, 0) is 0 Å². The van der Waals surface area contributed by atoms with E-state index in [0.717, 1.165) is 16.2 Å². The molecule has 3 heterocycles. The van der Waals surface area contributed by atoms with Crippen LogP contribution in [0.15, 0.2) is 26.9 Å². The van der Waals surface area contributed by atoms with Crippen LogP contribution in [-0.2, 0) is 19.2 Å². The summed E-state index contributed by atoms with van der Waals surface area (Å²) >= 11 is 2.40. The number of fused-ring (bicyclic) bond motifs is 1. The smallest absolute Gasteiger partial charge is 0.353 e. The molecule has 0 aliphatic carbocycles. The molecule has 6 N–H and O–H groups in total. The van der Waals surface area contributed by atoms with E-state index in [1.807, 2.05) is 0 Å². The van der Waals surface area contributed by atoms with Gasteiger partial charge in [0, 0.05) is 16.7 Å². The number of β-lactam (4-membered cyclic amide) rings is 1. The second kappa shape index (κ2) is 7.85. The Morgan fingerprint density at radius 1 is 1.54 bits per heavy atom. The number of amides is 2. The van der Waals surface area contributed by atoms with Crippen molar-refractivity contribution >= 4 is 57.9 Å². The topological polar surface area (TPSA) is 186 Å². The maximum atomic E-state index is 12.6. The number of aromatic nitrogens is 1. The highest BCUT2D eigenvalue weighted by molar-refractivity contribution is 8.00. The summed E-state index contributed by atoms with van der Waals surface area (Å²) in [7, 11) is 1.26. The van der Waals surface area contributed by atoms with Crippen LogP contribution < -0.4 is 16.9 Å². The summed E-state index contributed by atoms with van der Waals surface area (Å²) < 4.78 is 0. The van der Waals surface area contributed by atoms with E-state index in [-0.39, 0.29) is 28.0 Å². The fourth-order valence-corrected chi connectivity index (χ4v) is 4.58. The highest BCUT2D eigenvalue weighted by atomic mass is 32.2. The van der Waals surface area contributed by atoms with Crippen molar-refractivity contribution in [3.63, 3.8) is 0 Å². The van der Waals surface area contributed by atoms with Gasteiger partial charge in [-0.3, -0.25) is 14.5 Å². The lowest BCUT2D eigenvalue weighted by Crippen LogP contribution is -2.71. The number of hydrogen-bond donors (Lipinski definition) is 4. The van der Waals surface area contributed by atoms with Crippen LogP contribution in [0, 0.1) is 0 Å². The van der Waals surface area contributed by atoms with Gasteiger partial charge in [-0.25, -0.2) is 9.78 Å². The first-order chi connectivity index (χ1) is 13.4. The molecule has 0 spiro atoms. The zero-order valence-electron chi connectivity index (χ0n) is 14.4. The Hall–Kier alpha value is -3.13. The zero-order chi connectivity index (χ0) is 20.4. The molecule has 1 unspecified atom stereocenters. The zero-order valence-corrected chi connectivity index (χ0v) is 16.0. The summed E-state index contributed by atoms with van der Waals surface area (Å²) in [4.78, 5) is 46.5. The number of oxime groups is 1. The minimum absolute atomic E-state index is 0.146. The molecule has 2 atom stereocenters. The number of rotatable bonds is 6. The molecule has 3 rings (SSSR count). The Balaban J connectivity index is 1.80. The van der Waals surface area contributed by atoms with Gasteiger partial charge in [0.15, 0.2) is 10.8 Å². The number of nitrogen functional groups attached to an aromatic ring is 1. The van der Waals surface area contributed by atoms with Crippen LogP contribution in [0.4, 0.5) is 5.13 Å². The lowest BCUT2D eigenvalue weighted by molar-refractivity contribution is -0.150. The molecule has 0 bridgehead atoms. The highest BCUT2D eigenvalue weighted by Gasteiger charge is 2.54. The number of carbonyl (C=O) groups excluding carboxylic acids is 2. The van der Waals surface area contributed by atoms with Crippen LogP contribution in [0.25, 0.3) is 0 Å². The molecule has 28 heavy (non-hydrogen) atoms. The normalized spacial score (nSPS) is 22.1. The van der Waals surface area contributed by atoms with Crippen molar-refractivity contribution in [3.8, 4) is 0 Å². The minimum atomic E-state index is -1.28. The third-order valence-corrected chi connectivity index (χ3v) is 5.86. The van der Waals surface area contributed by atoms with Gasteiger partial charge in [-0.1, -0.05) is 5.16 Å². The van der Waals surface area contributed by atoms with Crippen molar-refractivity contribution in [1.29, 1.82) is 0 Å². The average molecular weight is 425 g/mol. The van der Waals surface area contributed by atoms with Crippen molar-refractivity contribution < 1.29 is 24.3 Å². The molecule has 2 aliphatic rings. The molecule has 1 fully saturated rings. The summed E-state index contributed by atoms with van der Waals surface area (Å²) in [6.45, 7) is 0. The van der Waals surface area contributed by atoms with Gasteiger partial charge < -0.3 is 26.8 Å². The van der Waals surface area contributed by atoms with Gasteiger partial charge in [-0.2, -0.15) is 5.10 Å². The molecule has 2 aliphatic heterocycles. The number of aliphatic carboxylic acids is 1. The monoisotopic (exact) mass is 425 g/mol. The van der Waals surface area contributed by atoms with Crippen LogP contribution >= 0.6 is 23.1 Å². The van der Waals surface area contributed by atoms with E-state index in [1.165, 1.54) is 30.5 Å². The number of thioether (sulfide) groups is 1. The summed E-state index contributed by atoms with van der Waals surface area (Å²) in [5.41, 5.74) is 5.75. The van der Waals surface area contributed by atoms with Crippen molar-refractivity contribution in [3.05, 3.63) is 22.3 Å². The Labute approximate surface area is 166 Å². The predicted octanol–water partition coefficient (Wildman–Crippen LogP) is -1.24. The molecular weight excluding hydrogens is 410 g/mol. The van der Waals surface area contributed by atoms with E-state index >= 15 is 0 Å². The first kappa shape index (κ1) is 19.6. The first-order valence-corrected chi connectivity index (χ1v) is 9.59. The second-order valence-electron chi connectivity index (χ2n) is 5.51. The second-order valence-corrected chi connectivity index (χ2v) is 7.51. The van der Waals surface area contributed by atoms with Crippen LogP contribution in [0.5, 0.6) is 0 Å². The Bertz CT molecular complexity index is 925. The van der Waals surface area contributed by atoms with E-state index in [4.69, 9.17) is 11.6 Å². The fraction of sp³-hybridized carbons (Fsp3) is 0.286. The molecular formula is C14H15N7O5S2. The first-order valence-electron chi connectivity index (χ1n) is 7.66. The minimum Gasteiger partial charge on any atom is -0.477 e. The number of carbonyl (C=O) groups is 3. The van der Waals surface area contributed by atoms with E-state index in [0.29, 0.717) is 5.57 Å². The van der Waals surface area contributed by atoms with Crippen LogP contribution in [0.1, 0.15) is 5.69 Å². The average Bonchev–Trinajstić information content (AvgIpc) is 3.09.